The number of rotatable bonds is 11. The molecule has 29 heavy (non-hydrogen) atoms. The molecular weight excluding hydrogens is 350 g/mol. The number of unbranched alkanes of at least 4 members (excludes halogenated alkanes) is 5. The maximum Gasteiger partial charge on any atom is 0.0487 e. The van der Waals surface area contributed by atoms with E-state index < -0.39 is 0 Å². The molecule has 1 nitrogen and oxygen atoms in total. The van der Waals surface area contributed by atoms with Crippen LogP contribution in [0.3, 0.4) is 0 Å². The molecule has 3 aromatic rings. The number of hydrogen-bond acceptors (Lipinski definition) is 1. The molecule has 0 radical (unpaired) electrons. The lowest BCUT2D eigenvalue weighted by molar-refractivity contribution is 0.607. The van der Waals surface area contributed by atoms with Gasteiger partial charge in [-0.25, -0.2) is 0 Å². The second kappa shape index (κ2) is 11.9. The van der Waals surface area contributed by atoms with E-state index in [0.717, 1.165) is 6.42 Å². The lowest BCUT2D eigenvalue weighted by Gasteiger charge is -2.24. The van der Waals surface area contributed by atoms with Crippen molar-refractivity contribution in [3.8, 4) is 0 Å². The Balaban J connectivity index is 1.80. The van der Waals surface area contributed by atoms with Crippen molar-refractivity contribution in [2.45, 2.75) is 51.9 Å². The third kappa shape index (κ3) is 6.64. The van der Waals surface area contributed by atoms with E-state index in [-0.39, 0.29) is 0 Å². The summed E-state index contributed by atoms with van der Waals surface area (Å²) in [5.74, 6) is 0. The number of benzene rings is 3. The summed E-state index contributed by atoms with van der Waals surface area (Å²) in [4.78, 5) is 2.32. The Kier molecular flexibility index (Phi) is 8.59. The molecule has 0 amide bonds. The van der Waals surface area contributed by atoms with Crippen LogP contribution in [0.1, 0.15) is 56.6 Å². The predicted octanol–water partition coefficient (Wildman–Crippen LogP) is 8.40. The standard InChI is InChI=1S/C28H33N/c1-2-3-4-5-6-11-18-26-19-14-15-22-28(26)29(27-20-12-8-13-21-27)24-23-25-16-9-7-10-17-25/h7-10,12-17,19-24H,2-6,11,18H2,1H3. The minimum absolute atomic E-state index is 1.13. The molecule has 0 spiro atoms. The maximum absolute atomic E-state index is 2.32. The average molecular weight is 384 g/mol. The van der Waals surface area contributed by atoms with Gasteiger partial charge in [-0.2, -0.15) is 0 Å². The molecule has 1 heteroatoms. The van der Waals surface area contributed by atoms with Crippen LogP contribution in [0.5, 0.6) is 0 Å². The van der Waals surface area contributed by atoms with Crippen LogP contribution in [-0.2, 0) is 6.42 Å². The van der Waals surface area contributed by atoms with Crippen LogP contribution < -0.4 is 4.90 Å². The van der Waals surface area contributed by atoms with Crippen molar-refractivity contribution in [3.63, 3.8) is 0 Å². The van der Waals surface area contributed by atoms with E-state index in [1.165, 1.54) is 61.0 Å². The van der Waals surface area contributed by atoms with E-state index in [2.05, 4.69) is 109 Å². The molecule has 0 aromatic heterocycles. The number of anilines is 2. The SMILES string of the molecule is CCCCCCCCc1ccccc1N(C=Cc1ccccc1)c1ccccc1. The highest BCUT2D eigenvalue weighted by Gasteiger charge is 2.10. The van der Waals surface area contributed by atoms with Crippen LogP contribution in [0.2, 0.25) is 0 Å². The van der Waals surface area contributed by atoms with Gasteiger partial charge in [0.15, 0.2) is 0 Å². The number of nitrogens with zero attached hydrogens (tertiary/aromatic N) is 1. The fraction of sp³-hybridized carbons (Fsp3) is 0.286. The Labute approximate surface area is 176 Å². The van der Waals surface area contributed by atoms with E-state index in [0.29, 0.717) is 0 Å². The highest BCUT2D eigenvalue weighted by Crippen LogP contribution is 2.30. The number of hydrogen-bond donors (Lipinski definition) is 0. The summed E-state index contributed by atoms with van der Waals surface area (Å²) in [5, 5.41) is 0. The minimum Gasteiger partial charge on any atom is -0.317 e. The molecule has 3 rings (SSSR count). The van der Waals surface area contributed by atoms with Crippen molar-refractivity contribution in [1.82, 2.24) is 0 Å². The van der Waals surface area contributed by atoms with Crippen LogP contribution in [0.4, 0.5) is 11.4 Å². The summed E-state index contributed by atoms with van der Waals surface area (Å²) >= 11 is 0. The van der Waals surface area contributed by atoms with Gasteiger partial charge in [-0.3, -0.25) is 0 Å². The average Bonchev–Trinajstić information content (AvgIpc) is 2.78. The predicted molar refractivity (Wildman–Crippen MR) is 128 cm³/mol. The Morgan fingerprint density at radius 2 is 1.28 bits per heavy atom. The molecule has 0 aliphatic heterocycles. The number of aryl methyl sites for hydroxylation is 1. The van der Waals surface area contributed by atoms with Gasteiger partial charge in [-0.15, -0.1) is 0 Å². The molecule has 0 atom stereocenters. The van der Waals surface area contributed by atoms with Crippen molar-refractivity contribution >= 4 is 17.5 Å². The first-order valence-corrected chi connectivity index (χ1v) is 11.0. The van der Waals surface area contributed by atoms with Crippen LogP contribution >= 0.6 is 0 Å². The van der Waals surface area contributed by atoms with Crippen molar-refractivity contribution in [1.29, 1.82) is 0 Å². The normalized spacial score (nSPS) is 11.1. The largest absolute Gasteiger partial charge is 0.317 e. The van der Waals surface area contributed by atoms with E-state index in [1.807, 2.05) is 0 Å². The number of para-hydroxylation sites is 2. The molecule has 0 saturated heterocycles. The molecule has 0 bridgehead atoms. The van der Waals surface area contributed by atoms with Crippen molar-refractivity contribution in [2.75, 3.05) is 4.90 Å². The maximum atomic E-state index is 2.32. The van der Waals surface area contributed by atoms with E-state index in [9.17, 15) is 0 Å². The summed E-state index contributed by atoms with van der Waals surface area (Å²) in [7, 11) is 0. The van der Waals surface area contributed by atoms with Crippen LogP contribution in [-0.4, -0.2) is 0 Å². The van der Waals surface area contributed by atoms with Crippen molar-refractivity contribution < 1.29 is 0 Å². The minimum atomic E-state index is 1.13. The van der Waals surface area contributed by atoms with Crippen LogP contribution in [0, 0.1) is 0 Å². The smallest absolute Gasteiger partial charge is 0.0487 e. The fourth-order valence-corrected chi connectivity index (χ4v) is 3.67. The Hall–Kier alpha value is -2.80. The Morgan fingerprint density at radius 3 is 2.03 bits per heavy atom. The highest BCUT2D eigenvalue weighted by molar-refractivity contribution is 5.71. The first kappa shape index (κ1) is 20.9. The second-order valence-electron chi connectivity index (χ2n) is 7.58. The van der Waals surface area contributed by atoms with Gasteiger partial charge in [0.2, 0.25) is 0 Å². The third-order valence-electron chi connectivity index (χ3n) is 5.30. The van der Waals surface area contributed by atoms with Crippen molar-refractivity contribution in [2.24, 2.45) is 0 Å². The lowest BCUT2D eigenvalue weighted by atomic mass is 10.0. The lowest BCUT2D eigenvalue weighted by Crippen LogP contribution is -2.10. The van der Waals surface area contributed by atoms with Gasteiger partial charge in [-0.1, -0.05) is 106 Å². The molecule has 0 aliphatic rings. The summed E-state index contributed by atoms with van der Waals surface area (Å²) in [6.07, 6.45) is 13.5. The quantitative estimate of drug-likeness (QED) is 0.300. The van der Waals surface area contributed by atoms with E-state index in [1.54, 1.807) is 0 Å². The van der Waals surface area contributed by atoms with Crippen molar-refractivity contribution in [3.05, 3.63) is 102 Å². The van der Waals surface area contributed by atoms with Crippen LogP contribution in [0.15, 0.2) is 91.1 Å². The zero-order valence-electron chi connectivity index (χ0n) is 17.6. The van der Waals surface area contributed by atoms with Gasteiger partial charge in [0.1, 0.15) is 0 Å². The summed E-state index contributed by atoms with van der Waals surface area (Å²) in [6.45, 7) is 2.28. The Morgan fingerprint density at radius 1 is 0.655 bits per heavy atom. The molecule has 3 aromatic carbocycles. The first-order valence-electron chi connectivity index (χ1n) is 11.0. The first-order chi connectivity index (χ1) is 14.4. The second-order valence-corrected chi connectivity index (χ2v) is 7.58. The molecular formula is C28H33N. The van der Waals surface area contributed by atoms with Gasteiger partial charge >= 0.3 is 0 Å². The highest BCUT2D eigenvalue weighted by atomic mass is 15.1. The molecule has 0 fully saturated rings. The zero-order valence-corrected chi connectivity index (χ0v) is 17.6. The summed E-state index contributed by atoms with van der Waals surface area (Å²) in [6, 6.07) is 30.0. The molecule has 0 aliphatic carbocycles. The topological polar surface area (TPSA) is 3.24 Å². The zero-order chi connectivity index (χ0) is 20.2. The molecule has 0 N–H and O–H groups in total. The molecule has 0 heterocycles. The Bertz CT molecular complexity index is 852. The summed E-state index contributed by atoms with van der Waals surface area (Å²) in [5.41, 5.74) is 5.10. The van der Waals surface area contributed by atoms with Gasteiger partial charge in [0, 0.05) is 17.6 Å². The van der Waals surface area contributed by atoms with Gasteiger partial charge < -0.3 is 4.90 Å². The van der Waals surface area contributed by atoms with Gasteiger partial charge in [0.05, 0.1) is 0 Å². The molecule has 0 unspecified atom stereocenters. The van der Waals surface area contributed by atoms with Gasteiger partial charge in [0.25, 0.3) is 0 Å². The molecule has 0 saturated carbocycles. The summed E-state index contributed by atoms with van der Waals surface area (Å²) < 4.78 is 0. The van der Waals surface area contributed by atoms with E-state index in [4.69, 9.17) is 0 Å². The van der Waals surface area contributed by atoms with Gasteiger partial charge in [-0.05, 0) is 48.2 Å². The monoisotopic (exact) mass is 383 g/mol. The van der Waals surface area contributed by atoms with E-state index >= 15 is 0 Å². The third-order valence-corrected chi connectivity index (χ3v) is 5.30. The van der Waals surface area contributed by atoms with Crippen LogP contribution in [0.25, 0.3) is 6.08 Å². The fourth-order valence-electron chi connectivity index (χ4n) is 3.67. The molecule has 150 valence electrons.